The molecule has 0 radical (unpaired) electrons. The van der Waals surface area contributed by atoms with Gasteiger partial charge in [0.2, 0.25) is 0 Å². The normalized spacial score (nSPS) is 25.0. The fraction of sp³-hybridized carbons (Fsp3) is 0.381. The topological polar surface area (TPSA) is 72.3 Å². The van der Waals surface area contributed by atoms with Crippen molar-refractivity contribution in [1.29, 1.82) is 0 Å². The van der Waals surface area contributed by atoms with Crippen molar-refractivity contribution in [3.05, 3.63) is 54.5 Å². The summed E-state index contributed by atoms with van der Waals surface area (Å²) in [7, 11) is 2.15. The number of fused-ring (bicyclic) bond motifs is 3. The Hall–Kier alpha value is -2.77. The molecular formula is C21H23N5O2. The van der Waals surface area contributed by atoms with Crippen molar-refractivity contribution in [3.63, 3.8) is 0 Å². The maximum atomic E-state index is 13.2. The lowest BCUT2D eigenvalue weighted by atomic mass is 9.90. The Bertz CT molecular complexity index is 988. The average molecular weight is 377 g/mol. The molecule has 3 aromatic heterocycles. The van der Waals surface area contributed by atoms with Crippen LogP contribution >= 0.6 is 0 Å². The number of ether oxygens (including phenoxy) is 1. The van der Waals surface area contributed by atoms with Crippen LogP contribution in [-0.2, 0) is 4.74 Å². The lowest BCUT2D eigenvalue weighted by Crippen LogP contribution is -2.59. The number of pyridine rings is 2. The van der Waals surface area contributed by atoms with E-state index in [1.54, 1.807) is 12.4 Å². The molecule has 144 valence electrons. The van der Waals surface area contributed by atoms with Gasteiger partial charge in [-0.05, 0) is 44.2 Å². The van der Waals surface area contributed by atoms with Gasteiger partial charge in [0.1, 0.15) is 11.5 Å². The molecule has 3 atom stereocenters. The number of carbonyl (C=O) groups excluding carboxylic acids is 1. The van der Waals surface area contributed by atoms with Crippen LogP contribution in [0.25, 0.3) is 16.9 Å². The van der Waals surface area contributed by atoms with Gasteiger partial charge >= 0.3 is 0 Å². The Balaban J connectivity index is 1.44. The molecule has 7 heteroatoms. The van der Waals surface area contributed by atoms with Crippen molar-refractivity contribution < 1.29 is 9.53 Å². The molecule has 28 heavy (non-hydrogen) atoms. The molecule has 2 bridgehead atoms. The summed E-state index contributed by atoms with van der Waals surface area (Å²) in [6.45, 7) is 1.48. The lowest BCUT2D eigenvalue weighted by molar-refractivity contribution is -0.0670. The minimum absolute atomic E-state index is 0.0544. The van der Waals surface area contributed by atoms with E-state index < -0.39 is 0 Å². The van der Waals surface area contributed by atoms with Crippen molar-refractivity contribution in [3.8, 4) is 5.82 Å². The van der Waals surface area contributed by atoms with Crippen LogP contribution in [0.2, 0.25) is 0 Å². The number of piperidine rings is 1. The summed E-state index contributed by atoms with van der Waals surface area (Å²) >= 11 is 0. The fourth-order valence-electron chi connectivity index (χ4n) is 4.39. The molecule has 2 fully saturated rings. The first-order valence-corrected chi connectivity index (χ1v) is 9.68. The largest absolute Gasteiger partial charge is 0.378 e. The highest BCUT2D eigenvalue weighted by Gasteiger charge is 2.37. The minimum atomic E-state index is -0.0544. The Morgan fingerprint density at radius 1 is 1.11 bits per heavy atom. The van der Waals surface area contributed by atoms with Crippen molar-refractivity contribution >= 4 is 16.9 Å². The molecule has 2 aliphatic rings. The average Bonchev–Trinajstić information content (AvgIpc) is 3.09. The number of nitrogens with zero attached hydrogens (tertiary/aromatic N) is 4. The van der Waals surface area contributed by atoms with Crippen molar-refractivity contribution in [2.75, 3.05) is 20.3 Å². The molecule has 5 heterocycles. The fourth-order valence-corrected chi connectivity index (χ4v) is 4.39. The smallest absolute Gasteiger partial charge is 0.253 e. The summed E-state index contributed by atoms with van der Waals surface area (Å²) < 4.78 is 7.56. The summed E-state index contributed by atoms with van der Waals surface area (Å²) in [4.78, 5) is 24.4. The molecule has 5 rings (SSSR count). The molecule has 1 N–H and O–H groups in total. The molecule has 3 aromatic rings. The van der Waals surface area contributed by atoms with E-state index in [4.69, 9.17) is 4.74 Å². The molecule has 1 amide bonds. The molecule has 0 aliphatic carbocycles. The van der Waals surface area contributed by atoms with Gasteiger partial charge in [-0.3, -0.25) is 14.3 Å². The van der Waals surface area contributed by atoms with E-state index >= 15 is 0 Å². The molecule has 0 spiro atoms. The highest BCUT2D eigenvalue weighted by molar-refractivity contribution is 6.06. The minimum Gasteiger partial charge on any atom is -0.378 e. The third-order valence-corrected chi connectivity index (χ3v) is 5.92. The van der Waals surface area contributed by atoms with Crippen molar-refractivity contribution in [1.82, 2.24) is 24.8 Å². The Labute approximate surface area is 163 Å². The third-order valence-electron chi connectivity index (χ3n) is 5.92. The number of hydrogen-bond donors (Lipinski definition) is 1. The van der Waals surface area contributed by atoms with Crippen molar-refractivity contribution in [2.24, 2.45) is 0 Å². The van der Waals surface area contributed by atoms with E-state index in [1.165, 1.54) is 0 Å². The molecule has 7 nitrogen and oxygen atoms in total. The quantitative estimate of drug-likeness (QED) is 0.756. The highest BCUT2D eigenvalue weighted by Crippen LogP contribution is 2.27. The summed E-state index contributed by atoms with van der Waals surface area (Å²) in [6.07, 6.45) is 7.14. The van der Waals surface area contributed by atoms with Crippen LogP contribution < -0.4 is 5.32 Å². The highest BCUT2D eigenvalue weighted by atomic mass is 16.5. The number of aromatic nitrogens is 3. The van der Waals surface area contributed by atoms with Crippen LogP contribution in [0.5, 0.6) is 0 Å². The zero-order valence-electron chi connectivity index (χ0n) is 15.8. The number of rotatable bonds is 3. The van der Waals surface area contributed by atoms with E-state index in [2.05, 4.69) is 27.2 Å². The second kappa shape index (κ2) is 7.00. The predicted molar refractivity (Wildman–Crippen MR) is 106 cm³/mol. The van der Waals surface area contributed by atoms with E-state index in [1.807, 2.05) is 41.1 Å². The zero-order chi connectivity index (χ0) is 19.1. The first-order valence-electron chi connectivity index (χ1n) is 9.68. The second-order valence-corrected chi connectivity index (χ2v) is 7.63. The molecule has 1 unspecified atom stereocenters. The standard InChI is InChI=1S/C21H23N5O2/c1-25-15-9-14(10-16(25)13-28-12-15)24-21(27)18-11-26(19-6-2-3-7-22-19)20-17(18)5-4-8-23-20/h2-8,11,14-16H,9-10,12-13H2,1H3,(H,24,27)/t14?,15-,16+. The second-order valence-electron chi connectivity index (χ2n) is 7.63. The van der Waals surface area contributed by atoms with Crippen LogP contribution in [0.3, 0.4) is 0 Å². The maximum Gasteiger partial charge on any atom is 0.253 e. The maximum absolute atomic E-state index is 13.2. The van der Waals surface area contributed by atoms with Gasteiger partial charge in [-0.1, -0.05) is 6.07 Å². The van der Waals surface area contributed by atoms with Gasteiger partial charge in [-0.15, -0.1) is 0 Å². The SMILES string of the molecule is CN1[C@@H]2COC[C@H]1CC(NC(=O)c1cn(-c3ccccn3)c3ncccc13)C2. The molecule has 2 saturated heterocycles. The zero-order valence-corrected chi connectivity index (χ0v) is 15.8. The van der Waals surface area contributed by atoms with Crippen LogP contribution in [0, 0.1) is 0 Å². The summed E-state index contributed by atoms with van der Waals surface area (Å²) in [6, 6.07) is 10.4. The summed E-state index contributed by atoms with van der Waals surface area (Å²) in [5.74, 6) is 0.692. The number of hydrogen-bond acceptors (Lipinski definition) is 5. The first kappa shape index (κ1) is 17.3. The Morgan fingerprint density at radius 3 is 2.64 bits per heavy atom. The van der Waals surface area contributed by atoms with E-state index in [-0.39, 0.29) is 11.9 Å². The lowest BCUT2D eigenvalue weighted by Gasteiger charge is -2.46. The summed E-state index contributed by atoms with van der Waals surface area (Å²) in [5, 5.41) is 4.09. The van der Waals surface area contributed by atoms with Gasteiger partial charge in [0.15, 0.2) is 0 Å². The molecule has 2 aliphatic heterocycles. The van der Waals surface area contributed by atoms with Crippen LogP contribution in [0.1, 0.15) is 23.2 Å². The molecule has 0 saturated carbocycles. The number of carbonyl (C=O) groups is 1. The van der Waals surface area contributed by atoms with Gasteiger partial charge in [0.25, 0.3) is 5.91 Å². The van der Waals surface area contributed by atoms with Crippen LogP contribution in [-0.4, -0.2) is 63.7 Å². The van der Waals surface area contributed by atoms with Crippen LogP contribution in [0.15, 0.2) is 48.9 Å². The monoisotopic (exact) mass is 377 g/mol. The van der Waals surface area contributed by atoms with Crippen molar-refractivity contribution in [2.45, 2.75) is 31.0 Å². The van der Waals surface area contributed by atoms with Gasteiger partial charge < -0.3 is 10.1 Å². The van der Waals surface area contributed by atoms with Gasteiger partial charge in [-0.2, -0.15) is 0 Å². The predicted octanol–water partition coefficient (Wildman–Crippen LogP) is 2.01. The van der Waals surface area contributed by atoms with Gasteiger partial charge in [-0.25, -0.2) is 9.97 Å². The van der Waals surface area contributed by atoms with Gasteiger partial charge in [0, 0.05) is 42.1 Å². The van der Waals surface area contributed by atoms with Gasteiger partial charge in [0.05, 0.1) is 18.8 Å². The number of likely N-dealkylation sites (N-methyl/N-ethyl adjacent to an activating group) is 1. The van der Waals surface area contributed by atoms with E-state index in [0.717, 1.165) is 42.9 Å². The number of nitrogens with one attached hydrogen (secondary N) is 1. The van der Waals surface area contributed by atoms with E-state index in [0.29, 0.717) is 17.6 Å². The number of morpholine rings is 1. The molecule has 0 aromatic carbocycles. The van der Waals surface area contributed by atoms with Crippen LogP contribution in [0.4, 0.5) is 0 Å². The Morgan fingerprint density at radius 2 is 1.89 bits per heavy atom. The summed E-state index contributed by atoms with van der Waals surface area (Å²) in [5.41, 5.74) is 1.37. The first-order chi connectivity index (χ1) is 13.7. The molecular weight excluding hydrogens is 354 g/mol. The third kappa shape index (κ3) is 2.96. The Kier molecular flexibility index (Phi) is 4.33. The number of amides is 1. The van der Waals surface area contributed by atoms with E-state index in [9.17, 15) is 4.79 Å².